The second kappa shape index (κ2) is 5.61. The van der Waals surface area contributed by atoms with Crippen molar-refractivity contribution in [2.24, 2.45) is 11.8 Å². The van der Waals surface area contributed by atoms with Gasteiger partial charge in [-0.25, -0.2) is 10.8 Å². The lowest BCUT2D eigenvalue weighted by Crippen LogP contribution is -2.24. The highest BCUT2D eigenvalue weighted by molar-refractivity contribution is 5.37. The van der Waals surface area contributed by atoms with Crippen molar-refractivity contribution >= 4 is 11.9 Å². The van der Waals surface area contributed by atoms with Crippen molar-refractivity contribution in [3.05, 3.63) is 18.7 Å². The first kappa shape index (κ1) is 13.2. The number of hydrazine groups is 1. The summed E-state index contributed by atoms with van der Waals surface area (Å²) in [6, 6.07) is 0.240. The molecule has 8 nitrogen and oxygen atoms in total. The number of aromatic nitrogens is 5. The fourth-order valence-electron chi connectivity index (χ4n) is 1.36. The Kier molecular flexibility index (Phi) is 3.91. The molecule has 19 heavy (non-hydrogen) atoms. The van der Waals surface area contributed by atoms with E-state index in [1.165, 1.54) is 0 Å². The van der Waals surface area contributed by atoms with E-state index in [9.17, 15) is 0 Å². The first-order chi connectivity index (χ1) is 9.10. The average Bonchev–Trinajstić information content (AvgIpc) is 2.92. The predicted octanol–water partition coefficient (Wildman–Crippen LogP) is 0.799. The molecular weight excluding hydrogens is 244 g/mol. The van der Waals surface area contributed by atoms with Crippen LogP contribution in [-0.4, -0.2) is 30.5 Å². The van der Waals surface area contributed by atoms with Crippen molar-refractivity contribution in [3.8, 4) is 5.95 Å². The van der Waals surface area contributed by atoms with Gasteiger partial charge in [0.05, 0.1) is 0 Å². The molecule has 2 rings (SSSR count). The number of anilines is 2. The highest BCUT2D eigenvalue weighted by atomic mass is 15.4. The minimum atomic E-state index is 0.240. The smallest absolute Gasteiger partial charge is 0.243 e. The summed E-state index contributed by atoms with van der Waals surface area (Å²) in [7, 11) is 0. The fourth-order valence-corrected chi connectivity index (χ4v) is 1.36. The van der Waals surface area contributed by atoms with Crippen molar-refractivity contribution in [3.63, 3.8) is 0 Å². The molecule has 0 saturated carbocycles. The predicted molar refractivity (Wildman–Crippen MR) is 72.7 cm³/mol. The summed E-state index contributed by atoms with van der Waals surface area (Å²) in [5, 5.41) is 3.23. The molecule has 1 atom stereocenters. The van der Waals surface area contributed by atoms with Gasteiger partial charge in [-0.05, 0) is 12.8 Å². The van der Waals surface area contributed by atoms with Gasteiger partial charge in [-0.3, -0.25) is 9.99 Å². The van der Waals surface area contributed by atoms with Crippen molar-refractivity contribution in [1.82, 2.24) is 24.5 Å². The maximum absolute atomic E-state index is 5.38. The summed E-state index contributed by atoms with van der Waals surface area (Å²) in [6.07, 6.45) is 5.03. The molecule has 0 aliphatic rings. The van der Waals surface area contributed by atoms with Gasteiger partial charge in [0.15, 0.2) is 0 Å². The van der Waals surface area contributed by atoms with Crippen LogP contribution >= 0.6 is 0 Å². The van der Waals surface area contributed by atoms with Gasteiger partial charge in [-0.15, -0.1) is 0 Å². The molecule has 4 N–H and O–H groups in total. The number of nitrogens with two attached hydrogens (primary N) is 1. The van der Waals surface area contributed by atoms with Crippen LogP contribution in [0.5, 0.6) is 0 Å². The van der Waals surface area contributed by atoms with Crippen molar-refractivity contribution in [2.45, 2.75) is 26.8 Å². The quantitative estimate of drug-likeness (QED) is 0.540. The van der Waals surface area contributed by atoms with Gasteiger partial charge in [-0.1, -0.05) is 13.8 Å². The summed E-state index contributed by atoms with van der Waals surface area (Å²) in [5.74, 6) is 7.08. The van der Waals surface area contributed by atoms with Crippen LogP contribution in [-0.2, 0) is 0 Å². The van der Waals surface area contributed by atoms with E-state index in [-0.39, 0.29) is 6.04 Å². The number of imidazole rings is 1. The van der Waals surface area contributed by atoms with Crippen molar-refractivity contribution < 1.29 is 0 Å². The van der Waals surface area contributed by atoms with E-state index >= 15 is 0 Å². The van der Waals surface area contributed by atoms with Gasteiger partial charge in [0, 0.05) is 18.4 Å². The highest BCUT2D eigenvalue weighted by Crippen LogP contribution is 2.12. The van der Waals surface area contributed by atoms with E-state index in [1.807, 2.05) is 0 Å². The van der Waals surface area contributed by atoms with Crippen molar-refractivity contribution in [1.29, 1.82) is 0 Å². The van der Waals surface area contributed by atoms with E-state index in [2.05, 4.69) is 51.4 Å². The largest absolute Gasteiger partial charge is 0.351 e. The van der Waals surface area contributed by atoms with Gasteiger partial charge >= 0.3 is 0 Å². The van der Waals surface area contributed by atoms with E-state index in [1.54, 1.807) is 23.3 Å². The minimum absolute atomic E-state index is 0.240. The average molecular weight is 262 g/mol. The van der Waals surface area contributed by atoms with Crippen LogP contribution in [0.15, 0.2) is 18.7 Å². The Labute approximate surface area is 111 Å². The van der Waals surface area contributed by atoms with Gasteiger partial charge < -0.3 is 5.32 Å². The third kappa shape index (κ3) is 3.16. The molecule has 0 bridgehead atoms. The molecule has 2 heterocycles. The van der Waals surface area contributed by atoms with Gasteiger partial charge in [0.2, 0.25) is 17.8 Å². The Bertz CT molecular complexity index is 521. The molecule has 0 amide bonds. The lowest BCUT2D eigenvalue weighted by atomic mass is 10.1. The zero-order valence-corrected chi connectivity index (χ0v) is 11.2. The number of nitrogens with one attached hydrogen (secondary N) is 2. The van der Waals surface area contributed by atoms with Crippen LogP contribution in [0.4, 0.5) is 11.9 Å². The number of nitrogens with zero attached hydrogens (tertiary/aromatic N) is 5. The SMILES string of the molecule is CC(C)C(C)Nc1nc(NN)nc(-n2ccnc2)n1. The van der Waals surface area contributed by atoms with Gasteiger partial charge in [0.25, 0.3) is 0 Å². The second-order valence-corrected chi connectivity index (χ2v) is 4.57. The standard InChI is InChI=1S/C11H18N8/c1-7(2)8(3)14-9-15-10(18-12)17-11(16-9)19-5-4-13-6-19/h4-8H,12H2,1-3H3,(H2,14,15,16,17,18). The second-order valence-electron chi connectivity index (χ2n) is 4.57. The summed E-state index contributed by atoms with van der Waals surface area (Å²) in [6.45, 7) is 6.32. The molecule has 1 unspecified atom stereocenters. The lowest BCUT2D eigenvalue weighted by molar-refractivity contribution is 0.556. The first-order valence-electron chi connectivity index (χ1n) is 6.07. The third-order valence-corrected chi connectivity index (χ3v) is 2.84. The molecule has 0 fully saturated rings. The summed E-state index contributed by atoms with van der Waals surface area (Å²) < 4.78 is 1.69. The number of nitrogen functional groups attached to an aromatic ring is 1. The molecule has 2 aromatic heterocycles. The van der Waals surface area contributed by atoms with E-state index in [0.29, 0.717) is 23.8 Å². The Hall–Kier alpha value is -2.22. The topological polar surface area (TPSA) is 107 Å². The van der Waals surface area contributed by atoms with E-state index in [0.717, 1.165) is 0 Å². The Morgan fingerprint density at radius 1 is 1.16 bits per heavy atom. The normalized spacial score (nSPS) is 12.5. The molecule has 8 heteroatoms. The lowest BCUT2D eigenvalue weighted by Gasteiger charge is -2.17. The van der Waals surface area contributed by atoms with Crippen LogP contribution in [0.25, 0.3) is 5.95 Å². The zero-order valence-electron chi connectivity index (χ0n) is 11.2. The van der Waals surface area contributed by atoms with E-state index < -0.39 is 0 Å². The summed E-state index contributed by atoms with van der Waals surface area (Å²) in [4.78, 5) is 16.7. The maximum atomic E-state index is 5.38. The monoisotopic (exact) mass is 262 g/mol. The highest BCUT2D eigenvalue weighted by Gasteiger charge is 2.11. The Morgan fingerprint density at radius 3 is 2.47 bits per heavy atom. The molecule has 2 aromatic rings. The van der Waals surface area contributed by atoms with Gasteiger partial charge in [-0.2, -0.15) is 15.0 Å². The molecule has 0 radical (unpaired) electrons. The first-order valence-corrected chi connectivity index (χ1v) is 6.07. The van der Waals surface area contributed by atoms with Crippen LogP contribution in [0, 0.1) is 5.92 Å². The summed E-state index contributed by atoms with van der Waals surface area (Å²) in [5.41, 5.74) is 2.44. The zero-order chi connectivity index (χ0) is 13.8. The molecule has 0 aliphatic heterocycles. The Balaban J connectivity index is 2.31. The fraction of sp³-hybridized carbons (Fsp3) is 0.455. The maximum Gasteiger partial charge on any atom is 0.243 e. The Morgan fingerprint density at radius 2 is 1.89 bits per heavy atom. The van der Waals surface area contributed by atoms with Crippen LogP contribution in [0.2, 0.25) is 0 Å². The molecule has 0 aromatic carbocycles. The molecule has 102 valence electrons. The number of rotatable bonds is 5. The minimum Gasteiger partial charge on any atom is -0.351 e. The number of hydrogen-bond donors (Lipinski definition) is 3. The van der Waals surface area contributed by atoms with Crippen LogP contribution in [0.3, 0.4) is 0 Å². The van der Waals surface area contributed by atoms with Crippen LogP contribution in [0.1, 0.15) is 20.8 Å². The molecule has 0 spiro atoms. The van der Waals surface area contributed by atoms with Gasteiger partial charge in [0.1, 0.15) is 6.33 Å². The van der Waals surface area contributed by atoms with E-state index in [4.69, 9.17) is 5.84 Å². The third-order valence-electron chi connectivity index (χ3n) is 2.84. The molecule has 0 saturated heterocycles. The molecule has 0 aliphatic carbocycles. The van der Waals surface area contributed by atoms with Crippen LogP contribution < -0.4 is 16.6 Å². The summed E-state index contributed by atoms with van der Waals surface area (Å²) >= 11 is 0. The van der Waals surface area contributed by atoms with Crippen molar-refractivity contribution in [2.75, 3.05) is 10.7 Å². The number of hydrogen-bond acceptors (Lipinski definition) is 7. The molecular formula is C11H18N8.